The van der Waals surface area contributed by atoms with Crippen LogP contribution in [0.5, 0.6) is 0 Å². The van der Waals surface area contributed by atoms with Gasteiger partial charge in [-0.25, -0.2) is 4.79 Å². The van der Waals surface area contributed by atoms with Crippen molar-refractivity contribution in [3.63, 3.8) is 0 Å². The minimum atomic E-state index is -0.988. The molecule has 4 aromatic rings. The number of nitrogens with zero attached hydrogens (tertiary/aromatic N) is 6. The van der Waals surface area contributed by atoms with E-state index < -0.39 is 5.97 Å². The average molecular weight is 403 g/mol. The zero-order valence-electron chi connectivity index (χ0n) is 16.2. The molecule has 0 saturated heterocycles. The van der Waals surface area contributed by atoms with Crippen molar-refractivity contribution < 1.29 is 14.7 Å². The standard InChI is InChI=1S/C20H17N7O3/c1-10-18-14(12-3-5-13(6-4-12)20(29)30)9-17(28)21-19(18)27(24-10)16-8-7-15-23-22-11(2)26(15)25-16/h3-8,14H,9H2,1-2H3,(H,21,28)(H,29,30)/t14-/m1/s1. The quantitative estimate of drug-likeness (QED) is 0.536. The highest BCUT2D eigenvalue weighted by atomic mass is 16.4. The molecule has 0 unspecified atom stereocenters. The Hall–Kier alpha value is -4.08. The van der Waals surface area contributed by atoms with Crippen LogP contribution < -0.4 is 5.32 Å². The van der Waals surface area contributed by atoms with E-state index in [0.717, 1.165) is 16.8 Å². The summed E-state index contributed by atoms with van der Waals surface area (Å²) in [5, 5.41) is 29.3. The lowest BCUT2D eigenvalue weighted by atomic mass is 9.85. The summed E-state index contributed by atoms with van der Waals surface area (Å²) in [4.78, 5) is 23.7. The van der Waals surface area contributed by atoms with Gasteiger partial charge in [-0.2, -0.15) is 14.3 Å². The smallest absolute Gasteiger partial charge is 0.335 e. The maximum absolute atomic E-state index is 12.5. The first kappa shape index (κ1) is 18.0. The highest BCUT2D eigenvalue weighted by Crippen LogP contribution is 2.40. The van der Waals surface area contributed by atoms with E-state index in [4.69, 9.17) is 5.11 Å². The van der Waals surface area contributed by atoms with Crippen molar-refractivity contribution in [3.05, 3.63) is 64.6 Å². The Morgan fingerprint density at radius 3 is 2.60 bits per heavy atom. The van der Waals surface area contributed by atoms with Crippen LogP contribution in [0.25, 0.3) is 11.5 Å². The van der Waals surface area contributed by atoms with Gasteiger partial charge in [0.25, 0.3) is 0 Å². The van der Waals surface area contributed by atoms with Crippen LogP contribution in [0.3, 0.4) is 0 Å². The van der Waals surface area contributed by atoms with Crippen molar-refractivity contribution in [3.8, 4) is 5.82 Å². The second-order valence-electron chi connectivity index (χ2n) is 7.20. The molecule has 0 saturated carbocycles. The number of benzene rings is 1. The molecule has 3 aromatic heterocycles. The van der Waals surface area contributed by atoms with Crippen LogP contribution in [0.2, 0.25) is 0 Å². The molecule has 150 valence electrons. The third-order valence-electron chi connectivity index (χ3n) is 5.28. The second kappa shape index (κ2) is 6.48. The molecule has 1 aromatic carbocycles. The van der Waals surface area contributed by atoms with Gasteiger partial charge < -0.3 is 10.4 Å². The predicted octanol–water partition coefficient (Wildman–Crippen LogP) is 2.10. The minimum Gasteiger partial charge on any atom is -0.478 e. The van der Waals surface area contributed by atoms with Gasteiger partial charge in [0.1, 0.15) is 5.82 Å². The number of carbonyl (C=O) groups excluding carboxylic acids is 1. The maximum Gasteiger partial charge on any atom is 0.335 e. The second-order valence-corrected chi connectivity index (χ2v) is 7.20. The lowest BCUT2D eigenvalue weighted by Gasteiger charge is -2.24. The number of anilines is 1. The Morgan fingerprint density at radius 1 is 1.10 bits per heavy atom. The first-order valence-corrected chi connectivity index (χ1v) is 9.34. The topological polar surface area (TPSA) is 127 Å². The Bertz CT molecular complexity index is 1320. The summed E-state index contributed by atoms with van der Waals surface area (Å²) >= 11 is 0. The van der Waals surface area contributed by atoms with Gasteiger partial charge in [0, 0.05) is 17.9 Å². The summed E-state index contributed by atoms with van der Waals surface area (Å²) in [6.45, 7) is 3.69. The highest BCUT2D eigenvalue weighted by Gasteiger charge is 2.33. The van der Waals surface area contributed by atoms with E-state index in [-0.39, 0.29) is 23.8 Å². The fraction of sp³-hybridized carbons (Fsp3) is 0.200. The van der Waals surface area contributed by atoms with E-state index in [0.29, 0.717) is 23.1 Å². The van der Waals surface area contributed by atoms with Crippen molar-refractivity contribution in [2.45, 2.75) is 26.2 Å². The molecule has 0 radical (unpaired) electrons. The van der Waals surface area contributed by atoms with Crippen LogP contribution in [0.1, 0.15) is 45.3 Å². The predicted molar refractivity (Wildman–Crippen MR) is 106 cm³/mol. The number of carboxylic acid groups (broad SMARTS) is 1. The van der Waals surface area contributed by atoms with Crippen molar-refractivity contribution in [2.75, 3.05) is 5.32 Å². The molecule has 1 aliphatic heterocycles. The van der Waals surface area contributed by atoms with E-state index in [1.165, 1.54) is 0 Å². The largest absolute Gasteiger partial charge is 0.478 e. The number of carboxylic acids is 1. The lowest BCUT2D eigenvalue weighted by Crippen LogP contribution is -2.25. The molecule has 0 spiro atoms. The number of aryl methyl sites for hydroxylation is 2. The first-order valence-electron chi connectivity index (χ1n) is 9.34. The maximum atomic E-state index is 12.5. The molecule has 10 heteroatoms. The Morgan fingerprint density at radius 2 is 1.87 bits per heavy atom. The average Bonchev–Trinajstić information content (AvgIpc) is 3.27. The van der Waals surface area contributed by atoms with E-state index in [9.17, 15) is 9.59 Å². The zero-order valence-corrected chi connectivity index (χ0v) is 16.2. The van der Waals surface area contributed by atoms with Crippen molar-refractivity contribution in [1.82, 2.24) is 29.6 Å². The fourth-order valence-electron chi connectivity index (χ4n) is 3.86. The first-order chi connectivity index (χ1) is 14.4. The van der Waals surface area contributed by atoms with E-state index in [1.54, 1.807) is 52.5 Å². The summed E-state index contributed by atoms with van der Waals surface area (Å²) in [7, 11) is 0. The zero-order chi connectivity index (χ0) is 21.0. The summed E-state index contributed by atoms with van der Waals surface area (Å²) in [6, 6.07) is 10.2. The number of hydrogen-bond acceptors (Lipinski definition) is 6. The minimum absolute atomic E-state index is 0.141. The Labute approximate surface area is 170 Å². The molecule has 1 aliphatic rings. The van der Waals surface area contributed by atoms with Crippen LogP contribution >= 0.6 is 0 Å². The number of fused-ring (bicyclic) bond motifs is 2. The summed E-state index contributed by atoms with van der Waals surface area (Å²) < 4.78 is 3.23. The third kappa shape index (κ3) is 2.72. The Kier molecular flexibility index (Phi) is 3.88. The number of rotatable bonds is 3. The molecule has 10 nitrogen and oxygen atoms in total. The van der Waals surface area contributed by atoms with Gasteiger partial charge in [-0.3, -0.25) is 4.79 Å². The molecule has 0 bridgehead atoms. The van der Waals surface area contributed by atoms with Crippen LogP contribution in [0, 0.1) is 13.8 Å². The molecular formula is C20H17N7O3. The van der Waals surface area contributed by atoms with Gasteiger partial charge in [-0.15, -0.1) is 15.3 Å². The monoisotopic (exact) mass is 403 g/mol. The normalized spacial score (nSPS) is 15.8. The summed E-state index contributed by atoms with van der Waals surface area (Å²) in [5.74, 6) is 0.372. The number of aromatic carboxylic acids is 1. The van der Waals surface area contributed by atoms with Crippen LogP contribution in [-0.4, -0.2) is 46.6 Å². The van der Waals surface area contributed by atoms with Gasteiger partial charge in [0.15, 0.2) is 17.3 Å². The molecule has 0 aliphatic carbocycles. The highest BCUT2D eigenvalue weighted by molar-refractivity contribution is 5.95. The van der Waals surface area contributed by atoms with Crippen molar-refractivity contribution in [1.29, 1.82) is 0 Å². The van der Waals surface area contributed by atoms with Gasteiger partial charge >= 0.3 is 5.97 Å². The molecular weight excluding hydrogens is 386 g/mol. The summed E-state index contributed by atoms with van der Waals surface area (Å²) in [5.41, 5.74) is 3.33. The number of nitrogens with one attached hydrogen (secondary N) is 1. The number of carbonyl (C=O) groups is 2. The lowest BCUT2D eigenvalue weighted by molar-refractivity contribution is -0.116. The number of amides is 1. The van der Waals surface area contributed by atoms with Gasteiger partial charge in [-0.1, -0.05) is 12.1 Å². The van der Waals surface area contributed by atoms with Gasteiger partial charge in [0.05, 0.1) is 11.3 Å². The molecule has 4 heterocycles. The van der Waals surface area contributed by atoms with E-state index in [2.05, 4.69) is 25.7 Å². The fourth-order valence-corrected chi connectivity index (χ4v) is 3.86. The van der Waals surface area contributed by atoms with Crippen LogP contribution in [0.15, 0.2) is 36.4 Å². The molecule has 2 N–H and O–H groups in total. The van der Waals surface area contributed by atoms with E-state index >= 15 is 0 Å². The van der Waals surface area contributed by atoms with Crippen LogP contribution in [-0.2, 0) is 4.79 Å². The van der Waals surface area contributed by atoms with Crippen LogP contribution in [0.4, 0.5) is 5.82 Å². The third-order valence-corrected chi connectivity index (χ3v) is 5.28. The number of aromatic nitrogens is 6. The van der Waals surface area contributed by atoms with Crippen molar-refractivity contribution in [2.24, 2.45) is 0 Å². The molecule has 1 atom stereocenters. The van der Waals surface area contributed by atoms with E-state index in [1.807, 2.05) is 6.92 Å². The Balaban J connectivity index is 1.63. The van der Waals surface area contributed by atoms with Gasteiger partial charge in [-0.05, 0) is 43.7 Å². The van der Waals surface area contributed by atoms with Crippen molar-refractivity contribution >= 4 is 23.3 Å². The molecule has 0 fully saturated rings. The molecule has 30 heavy (non-hydrogen) atoms. The molecule has 1 amide bonds. The number of hydrogen-bond donors (Lipinski definition) is 2. The van der Waals surface area contributed by atoms with Gasteiger partial charge in [0.2, 0.25) is 5.91 Å². The molecule has 5 rings (SSSR count). The summed E-state index contributed by atoms with van der Waals surface area (Å²) in [6.07, 6.45) is 0.253. The SMILES string of the molecule is Cc1nn(-c2ccc3nnc(C)n3n2)c2c1[C@@H](c1ccc(C(=O)O)cc1)CC(=O)N2.